The van der Waals surface area contributed by atoms with Crippen molar-refractivity contribution in [2.75, 3.05) is 13.2 Å². The summed E-state index contributed by atoms with van der Waals surface area (Å²) in [6, 6.07) is 0. The van der Waals surface area contributed by atoms with Crippen LogP contribution in [0.2, 0.25) is 0 Å². The van der Waals surface area contributed by atoms with Crippen molar-refractivity contribution in [1.29, 1.82) is 0 Å². The van der Waals surface area contributed by atoms with Gasteiger partial charge in [0.25, 0.3) is 0 Å². The van der Waals surface area contributed by atoms with E-state index in [4.69, 9.17) is 9.47 Å². The molecular weight excluding hydrogens is 264 g/mol. The van der Waals surface area contributed by atoms with Crippen LogP contribution in [0.5, 0.6) is 0 Å². The third-order valence-corrected chi connectivity index (χ3v) is 4.07. The first-order chi connectivity index (χ1) is 10.3. The van der Waals surface area contributed by atoms with Gasteiger partial charge in [-0.1, -0.05) is 77.6 Å². The van der Waals surface area contributed by atoms with Gasteiger partial charge in [0.05, 0.1) is 6.61 Å². The van der Waals surface area contributed by atoms with Crippen LogP contribution in [0.15, 0.2) is 0 Å². The van der Waals surface area contributed by atoms with Gasteiger partial charge >= 0.3 is 5.97 Å². The molecule has 0 N–H and O–H groups in total. The number of rotatable bonds is 15. The maximum absolute atomic E-state index is 11.4. The van der Waals surface area contributed by atoms with Crippen molar-refractivity contribution in [3.05, 3.63) is 0 Å². The van der Waals surface area contributed by atoms with Crippen molar-refractivity contribution in [3.63, 3.8) is 0 Å². The maximum atomic E-state index is 11.4. The Labute approximate surface area is 130 Å². The monoisotopic (exact) mass is 298 g/mol. The summed E-state index contributed by atoms with van der Waals surface area (Å²) in [7, 11) is 0. The number of carbonyl (C=O) groups excluding carboxylic acids is 1. The molecule has 1 unspecified atom stereocenters. The van der Waals surface area contributed by atoms with Gasteiger partial charge in [-0.05, 0) is 6.42 Å². The molecule has 0 aromatic rings. The molecule has 0 spiro atoms. The van der Waals surface area contributed by atoms with Gasteiger partial charge in [0.1, 0.15) is 12.7 Å². The summed E-state index contributed by atoms with van der Waals surface area (Å²) >= 11 is 0. The van der Waals surface area contributed by atoms with Crippen molar-refractivity contribution in [2.24, 2.45) is 0 Å². The van der Waals surface area contributed by atoms with Crippen LogP contribution in [-0.2, 0) is 14.3 Å². The molecule has 1 heterocycles. The fourth-order valence-electron chi connectivity index (χ4n) is 2.53. The van der Waals surface area contributed by atoms with Gasteiger partial charge in [-0.3, -0.25) is 4.79 Å². The molecule has 3 nitrogen and oxygen atoms in total. The van der Waals surface area contributed by atoms with Crippen LogP contribution in [0, 0.1) is 0 Å². The molecule has 3 heteroatoms. The van der Waals surface area contributed by atoms with Crippen LogP contribution >= 0.6 is 0 Å². The quantitative estimate of drug-likeness (QED) is 0.242. The number of esters is 1. The fraction of sp³-hybridized carbons (Fsp3) is 0.944. The number of ether oxygens (including phenoxy) is 2. The van der Waals surface area contributed by atoms with Crippen molar-refractivity contribution in [3.8, 4) is 0 Å². The highest BCUT2D eigenvalue weighted by Gasteiger charge is 2.23. The predicted octanol–water partition coefficient (Wildman–Crippen LogP) is 5.02. The Hall–Kier alpha value is -0.570. The number of epoxide rings is 1. The van der Waals surface area contributed by atoms with Crippen molar-refractivity contribution < 1.29 is 14.3 Å². The molecule has 0 saturated carbocycles. The van der Waals surface area contributed by atoms with E-state index in [1.807, 2.05) is 0 Å². The van der Waals surface area contributed by atoms with Gasteiger partial charge in [-0.25, -0.2) is 0 Å². The lowest BCUT2D eigenvalue weighted by Crippen LogP contribution is -2.09. The Morgan fingerprint density at radius 3 is 1.86 bits per heavy atom. The summed E-state index contributed by atoms with van der Waals surface area (Å²) in [5, 5.41) is 0. The molecule has 124 valence electrons. The first kappa shape index (κ1) is 18.5. The minimum absolute atomic E-state index is 0.0578. The van der Waals surface area contributed by atoms with Gasteiger partial charge in [0.15, 0.2) is 0 Å². The second-order valence-corrected chi connectivity index (χ2v) is 6.28. The van der Waals surface area contributed by atoms with E-state index in [2.05, 4.69) is 6.92 Å². The summed E-state index contributed by atoms with van der Waals surface area (Å²) in [5.41, 5.74) is 0. The van der Waals surface area contributed by atoms with Gasteiger partial charge in [-0.2, -0.15) is 0 Å². The predicted molar refractivity (Wildman–Crippen MR) is 86.4 cm³/mol. The molecule has 0 aliphatic carbocycles. The van der Waals surface area contributed by atoms with E-state index in [0.29, 0.717) is 13.0 Å². The molecule has 0 aromatic heterocycles. The van der Waals surface area contributed by atoms with E-state index in [0.717, 1.165) is 19.4 Å². The molecule has 21 heavy (non-hydrogen) atoms. The normalized spacial score (nSPS) is 16.9. The lowest BCUT2D eigenvalue weighted by molar-refractivity contribution is -0.144. The van der Waals surface area contributed by atoms with Gasteiger partial charge in [0.2, 0.25) is 0 Å². The number of hydrogen-bond donors (Lipinski definition) is 0. The molecule has 1 saturated heterocycles. The summed E-state index contributed by atoms with van der Waals surface area (Å²) in [6.07, 6.45) is 16.6. The maximum Gasteiger partial charge on any atom is 0.305 e. The van der Waals surface area contributed by atoms with E-state index < -0.39 is 0 Å². The summed E-state index contributed by atoms with van der Waals surface area (Å²) in [6.45, 7) is 3.48. The van der Waals surface area contributed by atoms with E-state index >= 15 is 0 Å². The smallest absolute Gasteiger partial charge is 0.305 e. The van der Waals surface area contributed by atoms with Crippen LogP contribution in [0.1, 0.15) is 90.4 Å². The summed E-state index contributed by atoms with van der Waals surface area (Å²) in [5.74, 6) is -0.0578. The molecule has 1 aliphatic rings. The van der Waals surface area contributed by atoms with Gasteiger partial charge in [-0.15, -0.1) is 0 Å². The first-order valence-corrected chi connectivity index (χ1v) is 9.10. The van der Waals surface area contributed by atoms with Crippen LogP contribution in [0.25, 0.3) is 0 Å². The van der Waals surface area contributed by atoms with Crippen LogP contribution < -0.4 is 0 Å². The largest absolute Gasteiger partial charge is 0.463 e. The minimum atomic E-state index is -0.0578. The molecule has 1 aliphatic heterocycles. The van der Waals surface area contributed by atoms with Crippen LogP contribution in [0.3, 0.4) is 0 Å². The van der Waals surface area contributed by atoms with E-state index in [-0.39, 0.29) is 12.1 Å². The third kappa shape index (κ3) is 12.9. The number of unbranched alkanes of at least 4 members (excludes halogenated alkanes) is 11. The summed E-state index contributed by atoms with van der Waals surface area (Å²) in [4.78, 5) is 11.4. The second-order valence-electron chi connectivity index (χ2n) is 6.28. The highest BCUT2D eigenvalue weighted by atomic mass is 16.6. The molecule has 1 atom stereocenters. The highest BCUT2D eigenvalue weighted by molar-refractivity contribution is 5.69. The Morgan fingerprint density at radius 2 is 1.38 bits per heavy atom. The molecule has 0 amide bonds. The second kappa shape index (κ2) is 13.1. The van der Waals surface area contributed by atoms with Crippen LogP contribution in [0.4, 0.5) is 0 Å². The van der Waals surface area contributed by atoms with Crippen molar-refractivity contribution >= 4 is 5.97 Å². The van der Waals surface area contributed by atoms with E-state index in [1.165, 1.54) is 64.2 Å². The first-order valence-electron chi connectivity index (χ1n) is 9.10. The number of hydrogen-bond acceptors (Lipinski definition) is 3. The zero-order chi connectivity index (χ0) is 15.2. The lowest BCUT2D eigenvalue weighted by Gasteiger charge is -2.04. The Balaban J connectivity index is 1.69. The van der Waals surface area contributed by atoms with Gasteiger partial charge in [0, 0.05) is 6.42 Å². The zero-order valence-corrected chi connectivity index (χ0v) is 13.9. The van der Waals surface area contributed by atoms with Gasteiger partial charge < -0.3 is 9.47 Å². The Bertz CT molecular complexity index is 249. The Kier molecular flexibility index (Phi) is 11.5. The highest BCUT2D eigenvalue weighted by Crippen LogP contribution is 2.13. The third-order valence-electron chi connectivity index (χ3n) is 4.07. The summed E-state index contributed by atoms with van der Waals surface area (Å²) < 4.78 is 10.1. The molecule has 1 fully saturated rings. The van der Waals surface area contributed by atoms with E-state index in [9.17, 15) is 4.79 Å². The number of carbonyl (C=O) groups is 1. The minimum Gasteiger partial charge on any atom is -0.463 e. The van der Waals surface area contributed by atoms with Crippen LogP contribution in [-0.4, -0.2) is 25.3 Å². The fourth-order valence-corrected chi connectivity index (χ4v) is 2.53. The zero-order valence-electron chi connectivity index (χ0n) is 13.9. The lowest BCUT2D eigenvalue weighted by atomic mass is 10.0. The standard InChI is InChI=1S/C18H34O3/c1-2-3-4-5-6-7-8-9-10-11-12-13-14-18(19)21-16-17-15-20-17/h17H,2-16H2,1H3. The topological polar surface area (TPSA) is 38.8 Å². The molecule has 1 rings (SSSR count). The average Bonchev–Trinajstić information content (AvgIpc) is 3.30. The van der Waals surface area contributed by atoms with Crippen molar-refractivity contribution in [2.45, 2.75) is 96.5 Å². The molecular formula is C18H34O3. The SMILES string of the molecule is CCCCCCCCCCCCCCC(=O)OCC1CO1. The van der Waals surface area contributed by atoms with Crippen molar-refractivity contribution in [1.82, 2.24) is 0 Å². The average molecular weight is 298 g/mol. The van der Waals surface area contributed by atoms with E-state index in [1.54, 1.807) is 0 Å². The molecule has 0 aromatic carbocycles. The molecule has 0 bridgehead atoms. The molecule has 0 radical (unpaired) electrons. The Morgan fingerprint density at radius 1 is 0.905 bits per heavy atom.